The Balaban J connectivity index is 1.42. The maximum atomic E-state index is 13.2. The van der Waals surface area contributed by atoms with E-state index < -0.39 is 0 Å². The standard InChI is InChI=1S/C23H22N4O3S/c1-15-6-4-7-16(12-15)21-25-20(26-30-21)14-31-23-24-19-10-3-2-9-18(19)22(28)27(23)13-17-8-5-11-29-17/h2-4,6-7,9-10,12,17H,5,8,11,13-14H2,1H3. The van der Waals surface area contributed by atoms with Crippen molar-refractivity contribution in [1.82, 2.24) is 19.7 Å². The number of hydrogen-bond donors (Lipinski definition) is 0. The van der Waals surface area contributed by atoms with Gasteiger partial charge < -0.3 is 9.26 Å². The van der Waals surface area contributed by atoms with Gasteiger partial charge in [-0.05, 0) is 44.0 Å². The van der Waals surface area contributed by atoms with Gasteiger partial charge in [-0.15, -0.1) is 0 Å². The Hall–Kier alpha value is -2.97. The molecule has 4 aromatic rings. The van der Waals surface area contributed by atoms with Gasteiger partial charge in [0.15, 0.2) is 11.0 Å². The zero-order chi connectivity index (χ0) is 21.2. The largest absolute Gasteiger partial charge is 0.376 e. The molecule has 31 heavy (non-hydrogen) atoms. The number of aryl methyl sites for hydroxylation is 1. The van der Waals surface area contributed by atoms with Crippen molar-refractivity contribution in [3.05, 3.63) is 70.3 Å². The van der Waals surface area contributed by atoms with Crippen molar-refractivity contribution >= 4 is 22.7 Å². The van der Waals surface area contributed by atoms with E-state index in [2.05, 4.69) is 10.1 Å². The first-order chi connectivity index (χ1) is 15.2. The van der Waals surface area contributed by atoms with Gasteiger partial charge in [0.2, 0.25) is 0 Å². The van der Waals surface area contributed by atoms with Crippen LogP contribution >= 0.6 is 11.8 Å². The highest BCUT2D eigenvalue weighted by Crippen LogP contribution is 2.25. The number of ether oxygens (including phenoxy) is 1. The van der Waals surface area contributed by atoms with Crippen LogP contribution in [0.2, 0.25) is 0 Å². The van der Waals surface area contributed by atoms with E-state index in [4.69, 9.17) is 14.2 Å². The molecule has 0 aliphatic carbocycles. The van der Waals surface area contributed by atoms with Gasteiger partial charge in [-0.1, -0.05) is 46.7 Å². The molecule has 0 spiro atoms. The molecule has 0 saturated carbocycles. The van der Waals surface area contributed by atoms with Crippen molar-refractivity contribution in [2.24, 2.45) is 0 Å². The van der Waals surface area contributed by atoms with Gasteiger partial charge in [-0.2, -0.15) is 4.98 Å². The Morgan fingerprint density at radius 3 is 2.90 bits per heavy atom. The van der Waals surface area contributed by atoms with Gasteiger partial charge in [-0.25, -0.2) is 4.98 Å². The van der Waals surface area contributed by atoms with Crippen LogP contribution in [0.5, 0.6) is 0 Å². The van der Waals surface area contributed by atoms with Crippen LogP contribution in [0.15, 0.2) is 63.0 Å². The van der Waals surface area contributed by atoms with Crippen molar-refractivity contribution < 1.29 is 9.26 Å². The number of benzene rings is 2. The molecule has 2 aromatic carbocycles. The average molecular weight is 435 g/mol. The maximum Gasteiger partial charge on any atom is 0.262 e. The molecule has 1 atom stereocenters. The summed E-state index contributed by atoms with van der Waals surface area (Å²) in [6, 6.07) is 15.4. The van der Waals surface area contributed by atoms with Crippen LogP contribution in [0.3, 0.4) is 0 Å². The first-order valence-electron chi connectivity index (χ1n) is 10.3. The molecule has 1 saturated heterocycles. The molecule has 0 amide bonds. The van der Waals surface area contributed by atoms with E-state index in [9.17, 15) is 4.79 Å². The first-order valence-corrected chi connectivity index (χ1v) is 11.3. The van der Waals surface area contributed by atoms with E-state index in [0.29, 0.717) is 40.1 Å². The van der Waals surface area contributed by atoms with Gasteiger partial charge in [0, 0.05) is 12.2 Å². The molecule has 2 aromatic heterocycles. The maximum absolute atomic E-state index is 13.2. The zero-order valence-electron chi connectivity index (χ0n) is 17.2. The lowest BCUT2D eigenvalue weighted by Crippen LogP contribution is -2.28. The minimum Gasteiger partial charge on any atom is -0.376 e. The molecule has 8 heteroatoms. The van der Waals surface area contributed by atoms with Crippen LogP contribution in [0.25, 0.3) is 22.4 Å². The van der Waals surface area contributed by atoms with Gasteiger partial charge in [-0.3, -0.25) is 9.36 Å². The van der Waals surface area contributed by atoms with Crippen LogP contribution in [0, 0.1) is 6.92 Å². The van der Waals surface area contributed by atoms with Gasteiger partial charge in [0.1, 0.15) is 0 Å². The lowest BCUT2D eigenvalue weighted by atomic mass is 10.1. The third-order valence-electron chi connectivity index (χ3n) is 5.30. The van der Waals surface area contributed by atoms with Crippen molar-refractivity contribution in [2.75, 3.05) is 6.61 Å². The molecule has 5 rings (SSSR count). The third-order valence-corrected chi connectivity index (χ3v) is 6.27. The normalized spacial score (nSPS) is 16.2. The Morgan fingerprint density at radius 2 is 2.06 bits per heavy atom. The second-order valence-corrected chi connectivity index (χ2v) is 8.58. The minimum atomic E-state index is -0.0443. The summed E-state index contributed by atoms with van der Waals surface area (Å²) < 4.78 is 12.9. The van der Waals surface area contributed by atoms with Crippen LogP contribution in [0.4, 0.5) is 0 Å². The number of thioether (sulfide) groups is 1. The third kappa shape index (κ3) is 4.26. The van der Waals surface area contributed by atoms with Crippen LogP contribution in [-0.4, -0.2) is 32.4 Å². The van der Waals surface area contributed by atoms with E-state index in [1.54, 1.807) is 4.57 Å². The van der Waals surface area contributed by atoms with Crippen LogP contribution in [0.1, 0.15) is 24.2 Å². The topological polar surface area (TPSA) is 83.0 Å². The quantitative estimate of drug-likeness (QED) is 0.332. The van der Waals surface area contributed by atoms with Crippen molar-refractivity contribution in [3.8, 4) is 11.5 Å². The predicted molar refractivity (Wildman–Crippen MR) is 119 cm³/mol. The Morgan fingerprint density at radius 1 is 1.16 bits per heavy atom. The molecule has 0 N–H and O–H groups in total. The Kier molecular flexibility index (Phi) is 5.57. The zero-order valence-corrected chi connectivity index (χ0v) is 18.0. The number of fused-ring (bicyclic) bond motifs is 1. The summed E-state index contributed by atoms with van der Waals surface area (Å²) in [6.45, 7) is 3.27. The molecule has 1 aliphatic rings. The SMILES string of the molecule is Cc1cccc(-c2nc(CSc3nc4ccccc4c(=O)n3CC3CCCO3)no2)c1. The van der Waals surface area contributed by atoms with Gasteiger partial charge in [0.25, 0.3) is 11.4 Å². The fourth-order valence-corrected chi connectivity index (χ4v) is 4.60. The highest BCUT2D eigenvalue weighted by Gasteiger charge is 2.20. The fraction of sp³-hybridized carbons (Fsp3) is 0.304. The minimum absolute atomic E-state index is 0.0399. The Bertz CT molecular complexity index is 1280. The van der Waals surface area contributed by atoms with Crippen molar-refractivity contribution in [2.45, 2.75) is 43.3 Å². The van der Waals surface area contributed by atoms with Crippen molar-refractivity contribution in [3.63, 3.8) is 0 Å². The molecule has 1 unspecified atom stereocenters. The van der Waals surface area contributed by atoms with Crippen LogP contribution < -0.4 is 5.56 Å². The van der Waals surface area contributed by atoms with Crippen LogP contribution in [-0.2, 0) is 17.0 Å². The highest BCUT2D eigenvalue weighted by atomic mass is 32.2. The lowest BCUT2D eigenvalue weighted by molar-refractivity contribution is 0.0937. The number of nitrogens with zero attached hydrogens (tertiary/aromatic N) is 4. The van der Waals surface area contributed by atoms with E-state index in [0.717, 1.165) is 30.6 Å². The summed E-state index contributed by atoms with van der Waals surface area (Å²) in [5.74, 6) is 1.50. The van der Waals surface area contributed by atoms with Gasteiger partial charge >= 0.3 is 0 Å². The average Bonchev–Trinajstić information content (AvgIpc) is 3.47. The summed E-state index contributed by atoms with van der Waals surface area (Å²) >= 11 is 1.44. The summed E-state index contributed by atoms with van der Waals surface area (Å²) in [5.41, 5.74) is 2.66. The molecule has 158 valence electrons. The molecule has 1 aliphatic heterocycles. The fourth-order valence-electron chi connectivity index (χ4n) is 3.75. The van der Waals surface area contributed by atoms with Crippen molar-refractivity contribution in [1.29, 1.82) is 0 Å². The lowest BCUT2D eigenvalue weighted by Gasteiger charge is -2.16. The number of aromatic nitrogens is 4. The number of hydrogen-bond acceptors (Lipinski definition) is 7. The predicted octanol–water partition coefficient (Wildman–Crippen LogP) is 4.23. The van der Waals surface area contributed by atoms with E-state index in [1.807, 2.05) is 55.5 Å². The second kappa shape index (κ2) is 8.64. The molecular weight excluding hydrogens is 412 g/mol. The molecule has 7 nitrogen and oxygen atoms in total. The molecule has 3 heterocycles. The smallest absolute Gasteiger partial charge is 0.262 e. The summed E-state index contributed by atoms with van der Waals surface area (Å²) in [4.78, 5) is 22.4. The van der Waals surface area contributed by atoms with E-state index in [1.165, 1.54) is 11.8 Å². The second-order valence-electron chi connectivity index (χ2n) is 7.64. The first kappa shape index (κ1) is 20.0. The van der Waals surface area contributed by atoms with E-state index >= 15 is 0 Å². The molecule has 1 fully saturated rings. The summed E-state index contributed by atoms with van der Waals surface area (Å²) in [6.07, 6.45) is 2.01. The molecule has 0 radical (unpaired) electrons. The molecule has 0 bridgehead atoms. The highest BCUT2D eigenvalue weighted by molar-refractivity contribution is 7.98. The Labute approximate surface area is 183 Å². The molecular formula is C23H22N4O3S. The monoisotopic (exact) mass is 434 g/mol. The number of rotatable bonds is 6. The summed E-state index contributed by atoms with van der Waals surface area (Å²) in [7, 11) is 0. The van der Waals surface area contributed by atoms with E-state index in [-0.39, 0.29) is 11.7 Å². The number of para-hydroxylation sites is 1. The van der Waals surface area contributed by atoms with Gasteiger partial charge in [0.05, 0.1) is 29.3 Å². The summed E-state index contributed by atoms with van der Waals surface area (Å²) in [5, 5.41) is 5.36.